The third-order valence-corrected chi connectivity index (χ3v) is 2.53. The largest absolute Gasteiger partial charge is 0.434 e. The van der Waals surface area contributed by atoms with Gasteiger partial charge in [0.2, 0.25) is 5.13 Å². The zero-order valence-electron chi connectivity index (χ0n) is 8.84. The van der Waals surface area contributed by atoms with Crippen molar-refractivity contribution in [2.45, 2.75) is 6.61 Å². The molecule has 5 nitrogen and oxygen atoms in total. The molecule has 0 atom stereocenters. The van der Waals surface area contributed by atoms with Gasteiger partial charge in [0.25, 0.3) is 5.91 Å². The summed E-state index contributed by atoms with van der Waals surface area (Å²) < 4.78 is 28.6. The number of alkyl halides is 2. The van der Waals surface area contributed by atoms with Crippen LogP contribution in [0.5, 0.6) is 5.75 Å². The van der Waals surface area contributed by atoms with E-state index in [1.165, 1.54) is 23.7 Å². The number of hydrogen-bond acceptors (Lipinski definition) is 5. The molecule has 1 N–H and O–H groups in total. The third-order valence-electron chi connectivity index (χ3n) is 1.93. The quantitative estimate of drug-likeness (QED) is 0.927. The van der Waals surface area contributed by atoms with Gasteiger partial charge in [-0.25, -0.2) is 0 Å². The van der Waals surface area contributed by atoms with Crippen LogP contribution in [0.3, 0.4) is 0 Å². The molecule has 0 saturated carbocycles. The number of rotatable bonds is 4. The summed E-state index contributed by atoms with van der Waals surface area (Å²) in [5.41, 5.74) is 1.45. The number of nitrogens with zero attached hydrogens (tertiary/aromatic N) is 2. The number of carbonyl (C=O) groups is 1. The Kier molecular flexibility index (Phi) is 3.78. The second-order valence-electron chi connectivity index (χ2n) is 3.07. The van der Waals surface area contributed by atoms with Gasteiger partial charge in [0.15, 0.2) is 0 Å². The summed E-state index contributed by atoms with van der Waals surface area (Å²) in [7, 11) is 0. The van der Waals surface area contributed by atoms with Gasteiger partial charge in [-0.1, -0.05) is 23.5 Å². The Morgan fingerprint density at radius 3 is 2.83 bits per heavy atom. The van der Waals surface area contributed by atoms with Crippen molar-refractivity contribution in [2.75, 3.05) is 5.32 Å². The minimum Gasteiger partial charge on any atom is -0.434 e. The SMILES string of the molecule is O=C(Nc1nncs1)c1ccccc1OC(F)F. The Hall–Kier alpha value is -2.09. The number of carbonyl (C=O) groups excluding carboxylic acids is 1. The Balaban J connectivity index is 2.19. The first-order chi connectivity index (χ1) is 8.66. The van der Waals surface area contributed by atoms with E-state index in [1.54, 1.807) is 6.07 Å². The molecule has 18 heavy (non-hydrogen) atoms. The molecule has 2 aromatic rings. The number of amides is 1. The summed E-state index contributed by atoms with van der Waals surface area (Å²) in [4.78, 5) is 11.8. The van der Waals surface area contributed by atoms with Crippen LogP contribution >= 0.6 is 11.3 Å². The van der Waals surface area contributed by atoms with E-state index in [2.05, 4.69) is 20.3 Å². The molecule has 94 valence electrons. The molecule has 1 aromatic heterocycles. The predicted molar refractivity (Wildman–Crippen MR) is 60.9 cm³/mol. The Morgan fingerprint density at radius 2 is 2.17 bits per heavy atom. The molecule has 0 aliphatic carbocycles. The fourth-order valence-corrected chi connectivity index (χ4v) is 1.68. The van der Waals surface area contributed by atoms with E-state index >= 15 is 0 Å². The molecule has 0 fully saturated rings. The molecule has 2 rings (SSSR count). The highest BCUT2D eigenvalue weighted by atomic mass is 32.1. The van der Waals surface area contributed by atoms with Gasteiger partial charge in [-0.05, 0) is 12.1 Å². The lowest BCUT2D eigenvalue weighted by atomic mass is 10.2. The fourth-order valence-electron chi connectivity index (χ4n) is 1.24. The van der Waals surface area contributed by atoms with E-state index < -0.39 is 12.5 Å². The van der Waals surface area contributed by atoms with Crippen molar-refractivity contribution in [1.29, 1.82) is 0 Å². The summed E-state index contributed by atoms with van der Waals surface area (Å²) in [6.07, 6.45) is 0. The molecule has 0 spiro atoms. The lowest BCUT2D eigenvalue weighted by Crippen LogP contribution is -2.14. The Labute approximate surface area is 104 Å². The Bertz CT molecular complexity index is 534. The summed E-state index contributed by atoms with van der Waals surface area (Å²) in [6, 6.07) is 5.72. The van der Waals surface area contributed by atoms with Crippen LogP contribution in [0.15, 0.2) is 29.8 Å². The van der Waals surface area contributed by atoms with Crippen LogP contribution in [0.25, 0.3) is 0 Å². The minimum atomic E-state index is -2.99. The van der Waals surface area contributed by atoms with Crippen LogP contribution in [0, 0.1) is 0 Å². The topological polar surface area (TPSA) is 64.1 Å². The second kappa shape index (κ2) is 5.50. The van der Waals surface area contributed by atoms with Gasteiger partial charge in [0, 0.05) is 0 Å². The van der Waals surface area contributed by atoms with Crippen LogP contribution in [0.1, 0.15) is 10.4 Å². The Morgan fingerprint density at radius 1 is 1.39 bits per heavy atom. The summed E-state index contributed by atoms with van der Waals surface area (Å²) in [6.45, 7) is -2.99. The molecule has 0 bridgehead atoms. The lowest BCUT2D eigenvalue weighted by Gasteiger charge is -2.09. The molecule has 0 aliphatic rings. The fraction of sp³-hybridized carbons (Fsp3) is 0.100. The lowest BCUT2D eigenvalue weighted by molar-refractivity contribution is -0.0501. The molecule has 1 amide bonds. The van der Waals surface area contributed by atoms with Crippen molar-refractivity contribution >= 4 is 22.4 Å². The van der Waals surface area contributed by atoms with Gasteiger partial charge in [-0.3, -0.25) is 10.1 Å². The van der Waals surface area contributed by atoms with Gasteiger partial charge in [-0.2, -0.15) is 8.78 Å². The molecular weight excluding hydrogens is 264 g/mol. The maximum atomic E-state index is 12.2. The highest BCUT2D eigenvalue weighted by molar-refractivity contribution is 7.13. The molecular formula is C10H7F2N3O2S. The van der Waals surface area contributed by atoms with Crippen LogP contribution in [-0.4, -0.2) is 22.7 Å². The summed E-state index contributed by atoms with van der Waals surface area (Å²) in [5, 5.41) is 9.88. The zero-order valence-corrected chi connectivity index (χ0v) is 9.66. The van der Waals surface area contributed by atoms with Gasteiger partial charge in [-0.15, -0.1) is 10.2 Å². The van der Waals surface area contributed by atoms with Crippen LogP contribution in [-0.2, 0) is 0 Å². The van der Waals surface area contributed by atoms with Gasteiger partial charge in [0.05, 0.1) is 5.56 Å². The average molecular weight is 271 g/mol. The standard InChI is InChI=1S/C10H7F2N3O2S/c11-9(12)17-7-4-2-1-3-6(7)8(16)14-10-15-13-5-18-10/h1-5,9H,(H,14,15,16). The number of aromatic nitrogens is 2. The predicted octanol–water partition coefficient (Wildman–Crippen LogP) is 2.39. The van der Waals surface area contributed by atoms with Crippen molar-refractivity contribution in [1.82, 2.24) is 10.2 Å². The second-order valence-corrected chi connectivity index (χ2v) is 3.91. The molecule has 1 heterocycles. The van der Waals surface area contributed by atoms with E-state index in [0.717, 1.165) is 11.3 Å². The number of nitrogens with one attached hydrogen (secondary N) is 1. The van der Waals surface area contributed by atoms with Crippen molar-refractivity contribution in [3.8, 4) is 5.75 Å². The van der Waals surface area contributed by atoms with Crippen molar-refractivity contribution in [3.05, 3.63) is 35.3 Å². The maximum Gasteiger partial charge on any atom is 0.387 e. The van der Waals surface area contributed by atoms with Crippen LogP contribution < -0.4 is 10.1 Å². The molecule has 0 aliphatic heterocycles. The van der Waals surface area contributed by atoms with Crippen molar-refractivity contribution in [2.24, 2.45) is 0 Å². The van der Waals surface area contributed by atoms with Crippen molar-refractivity contribution in [3.63, 3.8) is 0 Å². The number of hydrogen-bond donors (Lipinski definition) is 1. The number of anilines is 1. The molecule has 0 unspecified atom stereocenters. The zero-order chi connectivity index (χ0) is 13.0. The molecule has 0 saturated heterocycles. The third kappa shape index (κ3) is 2.98. The number of ether oxygens (including phenoxy) is 1. The summed E-state index contributed by atoms with van der Waals surface area (Å²) >= 11 is 1.12. The maximum absolute atomic E-state index is 12.2. The highest BCUT2D eigenvalue weighted by Gasteiger charge is 2.16. The highest BCUT2D eigenvalue weighted by Crippen LogP contribution is 2.21. The number of benzene rings is 1. The molecule has 8 heteroatoms. The monoisotopic (exact) mass is 271 g/mol. The first kappa shape index (κ1) is 12.4. The van der Waals surface area contributed by atoms with E-state index in [9.17, 15) is 13.6 Å². The first-order valence-corrected chi connectivity index (χ1v) is 5.66. The minimum absolute atomic E-state index is 0.00741. The smallest absolute Gasteiger partial charge is 0.387 e. The first-order valence-electron chi connectivity index (χ1n) is 4.78. The van der Waals surface area contributed by atoms with Crippen molar-refractivity contribution < 1.29 is 18.3 Å². The van der Waals surface area contributed by atoms with E-state index in [-0.39, 0.29) is 16.4 Å². The van der Waals surface area contributed by atoms with Crippen LogP contribution in [0.2, 0.25) is 0 Å². The number of para-hydroxylation sites is 1. The molecule has 1 aromatic carbocycles. The summed E-state index contributed by atoms with van der Waals surface area (Å²) in [5.74, 6) is -0.766. The average Bonchev–Trinajstić information content (AvgIpc) is 2.81. The molecule has 0 radical (unpaired) electrons. The van der Waals surface area contributed by atoms with E-state index in [0.29, 0.717) is 0 Å². The van der Waals surface area contributed by atoms with Gasteiger partial charge < -0.3 is 4.74 Å². The van der Waals surface area contributed by atoms with Gasteiger partial charge >= 0.3 is 6.61 Å². The number of halogens is 2. The van der Waals surface area contributed by atoms with E-state index in [4.69, 9.17) is 0 Å². The van der Waals surface area contributed by atoms with Gasteiger partial charge in [0.1, 0.15) is 11.3 Å². The van der Waals surface area contributed by atoms with Crippen LogP contribution in [0.4, 0.5) is 13.9 Å². The van der Waals surface area contributed by atoms with E-state index in [1.807, 2.05) is 0 Å². The normalized spacial score (nSPS) is 10.4.